The van der Waals surface area contributed by atoms with Gasteiger partial charge in [-0.05, 0) is 89.8 Å². The van der Waals surface area contributed by atoms with Crippen molar-refractivity contribution in [2.45, 2.75) is 57.8 Å². The molecule has 3 aliphatic rings. The molecule has 0 spiro atoms. The molecule has 0 saturated heterocycles. The predicted octanol–water partition coefficient (Wildman–Crippen LogP) is 3.62. The number of rotatable bonds is 3. The number of fused-ring (bicyclic) bond motifs is 5. The number of hydrogen-bond acceptors (Lipinski definition) is 3. The van der Waals surface area contributed by atoms with Gasteiger partial charge in [-0.2, -0.15) is 8.42 Å². The van der Waals surface area contributed by atoms with Gasteiger partial charge >= 0.3 is 10.3 Å². The van der Waals surface area contributed by atoms with Crippen LogP contribution >= 0.6 is 0 Å². The summed E-state index contributed by atoms with van der Waals surface area (Å²) in [4.78, 5) is 6.63. The van der Waals surface area contributed by atoms with Crippen LogP contribution in [0.4, 0.5) is 0 Å². The molecule has 5 nitrogen and oxygen atoms in total. The first-order chi connectivity index (χ1) is 11.4. The second kappa shape index (κ2) is 5.71. The van der Waals surface area contributed by atoms with Crippen molar-refractivity contribution < 1.29 is 17.8 Å². The van der Waals surface area contributed by atoms with Crippen molar-refractivity contribution in [2.24, 2.45) is 17.3 Å². The fourth-order valence-electron chi connectivity index (χ4n) is 5.72. The second-order valence-electron chi connectivity index (χ2n) is 8.02. The van der Waals surface area contributed by atoms with Gasteiger partial charge in [0.05, 0.1) is 0 Å². The number of nitrogens with one attached hydrogen (secondary N) is 1. The number of hydrogen-bond donors (Lipinski definition) is 2. The van der Waals surface area contributed by atoms with Crippen LogP contribution < -0.4 is 9.72 Å². The van der Waals surface area contributed by atoms with Crippen molar-refractivity contribution in [1.82, 2.24) is 4.89 Å². The molecule has 0 amide bonds. The minimum Gasteiger partial charge on any atom is -0.392 e. The molecule has 1 aromatic carbocycles. The second-order valence-corrected chi connectivity index (χ2v) is 9.14. The Hall–Kier alpha value is -1.11. The van der Waals surface area contributed by atoms with Gasteiger partial charge in [0.1, 0.15) is 5.75 Å². The molecular formula is C18H25NO4S. The van der Waals surface area contributed by atoms with Gasteiger partial charge in [0, 0.05) is 0 Å². The number of benzene rings is 1. The Morgan fingerprint density at radius 2 is 2.08 bits per heavy atom. The predicted molar refractivity (Wildman–Crippen MR) is 91.0 cm³/mol. The first-order valence-electron chi connectivity index (χ1n) is 8.90. The van der Waals surface area contributed by atoms with E-state index in [2.05, 4.69) is 13.0 Å². The Balaban J connectivity index is 1.57. The molecule has 1 aromatic rings. The monoisotopic (exact) mass is 351 g/mol. The molecule has 4 rings (SSSR count). The Bertz CT molecular complexity index is 747. The first-order valence-corrected chi connectivity index (χ1v) is 10.3. The lowest BCUT2D eigenvalue weighted by atomic mass is 9.56. The highest BCUT2D eigenvalue weighted by molar-refractivity contribution is 7.83. The maximum Gasteiger partial charge on any atom is 0.364 e. The van der Waals surface area contributed by atoms with E-state index >= 15 is 0 Å². The SMILES string of the molecule is C[C@@]12CCC[C@H]1[C@@H]1CCc3cc(ONS(=O)(=O)O)ccc3[C@H]1CC2. The minimum absolute atomic E-state index is 0.423. The summed E-state index contributed by atoms with van der Waals surface area (Å²) in [6, 6.07) is 5.79. The summed E-state index contributed by atoms with van der Waals surface area (Å²) >= 11 is 0. The van der Waals surface area contributed by atoms with Crippen LogP contribution in [-0.2, 0) is 16.7 Å². The summed E-state index contributed by atoms with van der Waals surface area (Å²) in [5.41, 5.74) is 3.23. The van der Waals surface area contributed by atoms with E-state index in [1.165, 1.54) is 49.7 Å². The van der Waals surface area contributed by atoms with E-state index in [1.807, 2.05) is 6.07 Å². The van der Waals surface area contributed by atoms with Crippen molar-refractivity contribution in [2.75, 3.05) is 0 Å². The third-order valence-electron chi connectivity index (χ3n) is 6.74. The summed E-state index contributed by atoms with van der Waals surface area (Å²) < 4.78 is 30.2. The zero-order valence-corrected chi connectivity index (χ0v) is 14.8. The smallest absolute Gasteiger partial charge is 0.364 e. The fraction of sp³-hybridized carbons (Fsp3) is 0.667. The van der Waals surface area contributed by atoms with Gasteiger partial charge < -0.3 is 4.84 Å². The van der Waals surface area contributed by atoms with E-state index in [-0.39, 0.29) is 0 Å². The quantitative estimate of drug-likeness (QED) is 0.644. The highest BCUT2D eigenvalue weighted by Crippen LogP contribution is 2.60. The van der Waals surface area contributed by atoms with E-state index in [4.69, 9.17) is 9.39 Å². The van der Waals surface area contributed by atoms with Crippen LogP contribution in [0.15, 0.2) is 18.2 Å². The third-order valence-corrected chi connectivity index (χ3v) is 7.04. The van der Waals surface area contributed by atoms with Crippen molar-refractivity contribution in [3.05, 3.63) is 29.3 Å². The molecule has 2 saturated carbocycles. The standard InChI is InChI=1S/C18H25NO4S/c1-18-9-2-3-17(18)16-6-4-12-11-13(23-19-24(20,21)22)5-7-14(12)15(16)8-10-18/h5,7,11,15-17,19H,2-4,6,8-10H2,1H3,(H,20,21,22)/t15-,16-,17+,18+/m1/s1. The van der Waals surface area contributed by atoms with Gasteiger partial charge in [-0.1, -0.05) is 19.4 Å². The average molecular weight is 351 g/mol. The normalized spacial score (nSPS) is 35.0. The largest absolute Gasteiger partial charge is 0.392 e. The molecule has 0 bridgehead atoms. The van der Waals surface area contributed by atoms with E-state index in [9.17, 15) is 8.42 Å². The molecule has 2 fully saturated rings. The van der Waals surface area contributed by atoms with Crippen LogP contribution in [0.5, 0.6) is 5.75 Å². The molecule has 132 valence electrons. The minimum atomic E-state index is -4.35. The van der Waals surface area contributed by atoms with Gasteiger partial charge in [0.25, 0.3) is 0 Å². The van der Waals surface area contributed by atoms with Crippen LogP contribution in [0.1, 0.15) is 62.5 Å². The lowest BCUT2D eigenvalue weighted by Gasteiger charge is -2.49. The van der Waals surface area contributed by atoms with Crippen LogP contribution in [0, 0.1) is 17.3 Å². The molecule has 6 heteroatoms. The lowest BCUT2D eigenvalue weighted by Crippen LogP contribution is -2.39. The van der Waals surface area contributed by atoms with Crippen LogP contribution in [0.25, 0.3) is 0 Å². The Morgan fingerprint density at radius 1 is 1.25 bits per heavy atom. The summed E-state index contributed by atoms with van der Waals surface area (Å²) in [6.07, 6.45) is 8.97. The van der Waals surface area contributed by atoms with Crippen LogP contribution in [-0.4, -0.2) is 13.0 Å². The van der Waals surface area contributed by atoms with Gasteiger partial charge in [-0.25, -0.2) is 0 Å². The van der Waals surface area contributed by atoms with Gasteiger partial charge in [-0.15, -0.1) is 0 Å². The van der Waals surface area contributed by atoms with Crippen LogP contribution in [0.3, 0.4) is 0 Å². The van der Waals surface area contributed by atoms with Gasteiger partial charge in [-0.3, -0.25) is 4.55 Å². The van der Waals surface area contributed by atoms with E-state index in [1.54, 1.807) is 11.0 Å². The summed E-state index contributed by atoms with van der Waals surface area (Å²) in [6.45, 7) is 2.49. The molecule has 0 heterocycles. The third kappa shape index (κ3) is 2.85. The average Bonchev–Trinajstić information content (AvgIpc) is 2.93. The highest BCUT2D eigenvalue weighted by Gasteiger charge is 2.50. The first kappa shape index (κ1) is 16.4. The Kier molecular flexibility index (Phi) is 3.90. The number of aryl methyl sites for hydroxylation is 1. The van der Waals surface area contributed by atoms with E-state index in [0.29, 0.717) is 17.1 Å². The van der Waals surface area contributed by atoms with Crippen molar-refractivity contribution in [3.63, 3.8) is 0 Å². The highest BCUT2D eigenvalue weighted by atomic mass is 32.2. The Morgan fingerprint density at radius 3 is 2.88 bits per heavy atom. The molecular weight excluding hydrogens is 326 g/mol. The summed E-state index contributed by atoms with van der Waals surface area (Å²) in [7, 11) is -4.35. The lowest BCUT2D eigenvalue weighted by molar-refractivity contribution is 0.0598. The van der Waals surface area contributed by atoms with Crippen LogP contribution in [0.2, 0.25) is 0 Å². The zero-order valence-electron chi connectivity index (χ0n) is 14.0. The zero-order chi connectivity index (χ0) is 16.9. The molecule has 2 N–H and O–H groups in total. The van der Waals surface area contributed by atoms with Crippen molar-refractivity contribution in [1.29, 1.82) is 0 Å². The molecule has 24 heavy (non-hydrogen) atoms. The summed E-state index contributed by atoms with van der Waals surface area (Å²) in [5, 5.41) is 0. The van der Waals surface area contributed by atoms with E-state index < -0.39 is 10.3 Å². The molecule has 0 unspecified atom stereocenters. The molecule has 0 aliphatic heterocycles. The van der Waals surface area contributed by atoms with Crippen molar-refractivity contribution in [3.8, 4) is 5.75 Å². The maximum atomic E-state index is 10.7. The fourth-order valence-corrected chi connectivity index (χ4v) is 5.92. The summed E-state index contributed by atoms with van der Waals surface area (Å²) in [5.74, 6) is 2.71. The molecule has 3 aliphatic carbocycles. The Labute approximate surface area is 143 Å². The molecule has 4 atom stereocenters. The molecule has 0 radical (unpaired) electrons. The van der Waals surface area contributed by atoms with E-state index in [0.717, 1.165) is 18.3 Å². The van der Waals surface area contributed by atoms with Crippen molar-refractivity contribution >= 4 is 10.3 Å². The van der Waals surface area contributed by atoms with Gasteiger partial charge in [0.2, 0.25) is 0 Å². The maximum absolute atomic E-state index is 10.7. The van der Waals surface area contributed by atoms with Gasteiger partial charge in [0.15, 0.2) is 0 Å². The molecule has 0 aromatic heterocycles. The topological polar surface area (TPSA) is 75.6 Å².